The SMILES string of the molecule is O=C(Nc1cc(Cl)ccc1Oc1ccccc1)c1ccn2cc(-c3ccccc3)nc2c1. The van der Waals surface area contributed by atoms with E-state index < -0.39 is 0 Å². The van der Waals surface area contributed by atoms with Gasteiger partial charge in [-0.05, 0) is 42.5 Å². The molecule has 0 atom stereocenters. The van der Waals surface area contributed by atoms with Crippen molar-refractivity contribution >= 4 is 28.8 Å². The topological polar surface area (TPSA) is 55.6 Å². The Kier molecular flexibility index (Phi) is 5.32. The Morgan fingerprint density at radius 3 is 2.44 bits per heavy atom. The maximum atomic E-state index is 13.0. The number of carbonyl (C=O) groups is 1. The van der Waals surface area contributed by atoms with Crippen molar-refractivity contribution < 1.29 is 9.53 Å². The van der Waals surface area contributed by atoms with Crippen LogP contribution in [0.1, 0.15) is 10.4 Å². The molecule has 6 heteroatoms. The number of ether oxygens (including phenoxy) is 1. The lowest BCUT2D eigenvalue weighted by Crippen LogP contribution is -2.13. The minimum absolute atomic E-state index is 0.281. The van der Waals surface area contributed by atoms with Crippen molar-refractivity contribution in [2.75, 3.05) is 5.32 Å². The van der Waals surface area contributed by atoms with E-state index in [-0.39, 0.29) is 5.91 Å². The highest BCUT2D eigenvalue weighted by Gasteiger charge is 2.13. The fourth-order valence-corrected chi connectivity index (χ4v) is 3.54. The molecule has 0 aliphatic rings. The second-order valence-electron chi connectivity index (χ2n) is 7.18. The number of nitrogens with zero attached hydrogens (tertiary/aromatic N) is 2. The zero-order valence-electron chi connectivity index (χ0n) is 16.9. The van der Waals surface area contributed by atoms with Gasteiger partial charge in [0.2, 0.25) is 0 Å². The number of para-hydroxylation sites is 1. The molecule has 0 bridgehead atoms. The Labute approximate surface area is 189 Å². The van der Waals surface area contributed by atoms with Gasteiger partial charge in [0.05, 0.1) is 11.4 Å². The molecule has 156 valence electrons. The summed E-state index contributed by atoms with van der Waals surface area (Å²) < 4.78 is 7.83. The van der Waals surface area contributed by atoms with E-state index in [1.165, 1.54) is 0 Å². The van der Waals surface area contributed by atoms with Crippen LogP contribution in [-0.2, 0) is 0 Å². The zero-order chi connectivity index (χ0) is 21.9. The zero-order valence-corrected chi connectivity index (χ0v) is 17.7. The maximum Gasteiger partial charge on any atom is 0.255 e. The normalized spacial score (nSPS) is 10.8. The fourth-order valence-electron chi connectivity index (χ4n) is 3.37. The number of hydrogen-bond acceptors (Lipinski definition) is 3. The number of anilines is 1. The van der Waals surface area contributed by atoms with Crippen molar-refractivity contribution in [2.24, 2.45) is 0 Å². The largest absolute Gasteiger partial charge is 0.455 e. The maximum absolute atomic E-state index is 13.0. The van der Waals surface area contributed by atoms with Crippen LogP contribution in [0.5, 0.6) is 11.5 Å². The average molecular weight is 440 g/mol. The first kappa shape index (κ1) is 19.8. The van der Waals surface area contributed by atoms with Gasteiger partial charge in [-0.2, -0.15) is 0 Å². The Hall–Kier alpha value is -4.09. The van der Waals surface area contributed by atoms with Crippen LogP contribution in [0.2, 0.25) is 5.02 Å². The summed E-state index contributed by atoms with van der Waals surface area (Å²) in [5.74, 6) is 0.886. The molecule has 0 spiro atoms. The van der Waals surface area contributed by atoms with E-state index >= 15 is 0 Å². The van der Waals surface area contributed by atoms with Crippen LogP contribution in [0.3, 0.4) is 0 Å². The molecule has 32 heavy (non-hydrogen) atoms. The summed E-state index contributed by atoms with van der Waals surface area (Å²) in [4.78, 5) is 17.7. The third-order valence-corrected chi connectivity index (χ3v) is 5.19. The van der Waals surface area contributed by atoms with Gasteiger partial charge >= 0.3 is 0 Å². The van der Waals surface area contributed by atoms with Crippen LogP contribution in [0.4, 0.5) is 5.69 Å². The fraction of sp³-hybridized carbons (Fsp3) is 0. The highest BCUT2D eigenvalue weighted by Crippen LogP contribution is 2.32. The lowest BCUT2D eigenvalue weighted by molar-refractivity contribution is 0.102. The van der Waals surface area contributed by atoms with Crippen LogP contribution in [0.25, 0.3) is 16.9 Å². The Bertz CT molecular complexity index is 1400. The number of pyridine rings is 1. The van der Waals surface area contributed by atoms with E-state index in [2.05, 4.69) is 10.3 Å². The van der Waals surface area contributed by atoms with Gasteiger partial charge in [-0.15, -0.1) is 0 Å². The molecule has 3 aromatic carbocycles. The number of aromatic nitrogens is 2. The van der Waals surface area contributed by atoms with Gasteiger partial charge in [0.15, 0.2) is 5.75 Å². The molecule has 0 fully saturated rings. The summed E-state index contributed by atoms with van der Waals surface area (Å²) in [6.45, 7) is 0. The number of imidazole rings is 1. The molecular weight excluding hydrogens is 422 g/mol. The van der Waals surface area contributed by atoms with Gasteiger partial charge in [0.1, 0.15) is 11.4 Å². The average Bonchev–Trinajstić information content (AvgIpc) is 3.26. The minimum atomic E-state index is -0.281. The molecular formula is C26H18ClN3O2. The van der Waals surface area contributed by atoms with Gasteiger partial charge in [-0.3, -0.25) is 4.79 Å². The molecule has 5 rings (SSSR count). The van der Waals surface area contributed by atoms with Gasteiger partial charge < -0.3 is 14.5 Å². The predicted molar refractivity (Wildman–Crippen MR) is 127 cm³/mol. The third-order valence-electron chi connectivity index (χ3n) is 4.95. The number of halogens is 1. The Balaban J connectivity index is 1.42. The summed E-state index contributed by atoms with van der Waals surface area (Å²) >= 11 is 6.17. The molecule has 0 saturated heterocycles. The van der Waals surface area contributed by atoms with Crippen LogP contribution in [0.15, 0.2) is 103 Å². The molecule has 0 radical (unpaired) electrons. The summed E-state index contributed by atoms with van der Waals surface area (Å²) in [6.07, 6.45) is 3.76. The molecule has 0 aliphatic heterocycles. The number of benzene rings is 3. The molecule has 0 saturated carbocycles. The van der Waals surface area contributed by atoms with Crippen LogP contribution < -0.4 is 10.1 Å². The van der Waals surface area contributed by atoms with Crippen LogP contribution in [0, 0.1) is 0 Å². The van der Waals surface area contributed by atoms with Crippen LogP contribution >= 0.6 is 11.6 Å². The van der Waals surface area contributed by atoms with Crippen molar-refractivity contribution in [1.82, 2.24) is 9.38 Å². The van der Waals surface area contributed by atoms with E-state index in [0.717, 1.165) is 11.3 Å². The molecule has 2 aromatic heterocycles. The molecule has 1 amide bonds. The number of carbonyl (C=O) groups excluding carboxylic acids is 1. The van der Waals surface area contributed by atoms with Gasteiger partial charge in [-0.25, -0.2) is 4.98 Å². The lowest BCUT2D eigenvalue weighted by Gasteiger charge is -2.13. The number of rotatable bonds is 5. The molecule has 2 heterocycles. The van der Waals surface area contributed by atoms with Crippen molar-refractivity contribution in [3.63, 3.8) is 0 Å². The molecule has 0 unspecified atom stereocenters. The summed E-state index contributed by atoms with van der Waals surface area (Å²) in [5, 5.41) is 3.40. The van der Waals surface area contributed by atoms with E-state index in [1.54, 1.807) is 30.3 Å². The first-order valence-corrected chi connectivity index (χ1v) is 10.4. The van der Waals surface area contributed by atoms with Gasteiger partial charge in [-0.1, -0.05) is 60.1 Å². The van der Waals surface area contributed by atoms with Crippen LogP contribution in [-0.4, -0.2) is 15.3 Å². The molecule has 0 aliphatic carbocycles. The number of hydrogen-bond donors (Lipinski definition) is 1. The van der Waals surface area contributed by atoms with E-state index in [0.29, 0.717) is 33.4 Å². The second kappa shape index (κ2) is 8.57. The molecule has 5 aromatic rings. The van der Waals surface area contributed by atoms with Crippen molar-refractivity contribution in [2.45, 2.75) is 0 Å². The molecule has 1 N–H and O–H groups in total. The van der Waals surface area contributed by atoms with E-state index in [9.17, 15) is 4.79 Å². The minimum Gasteiger partial charge on any atom is -0.455 e. The monoisotopic (exact) mass is 439 g/mol. The quantitative estimate of drug-likeness (QED) is 0.331. The van der Waals surface area contributed by atoms with E-state index in [4.69, 9.17) is 16.3 Å². The Morgan fingerprint density at radius 1 is 0.906 bits per heavy atom. The summed E-state index contributed by atoms with van der Waals surface area (Å²) in [6, 6.07) is 27.9. The van der Waals surface area contributed by atoms with Gasteiger partial charge in [0.25, 0.3) is 5.91 Å². The van der Waals surface area contributed by atoms with Crippen molar-refractivity contribution in [3.05, 3.63) is 114 Å². The first-order valence-electron chi connectivity index (χ1n) is 10.0. The van der Waals surface area contributed by atoms with E-state index in [1.807, 2.05) is 77.5 Å². The smallest absolute Gasteiger partial charge is 0.255 e. The highest BCUT2D eigenvalue weighted by atomic mass is 35.5. The lowest BCUT2D eigenvalue weighted by atomic mass is 10.2. The predicted octanol–water partition coefficient (Wildman–Crippen LogP) is 6.70. The third kappa shape index (κ3) is 4.19. The Morgan fingerprint density at radius 2 is 1.66 bits per heavy atom. The highest BCUT2D eigenvalue weighted by molar-refractivity contribution is 6.31. The van der Waals surface area contributed by atoms with Crippen molar-refractivity contribution in [3.8, 4) is 22.8 Å². The van der Waals surface area contributed by atoms with Crippen molar-refractivity contribution in [1.29, 1.82) is 0 Å². The first-order chi connectivity index (χ1) is 15.7. The second-order valence-corrected chi connectivity index (χ2v) is 7.62. The molecule has 5 nitrogen and oxygen atoms in total. The summed E-state index contributed by atoms with van der Waals surface area (Å²) in [7, 11) is 0. The summed E-state index contributed by atoms with van der Waals surface area (Å²) in [5.41, 5.74) is 3.51. The van der Waals surface area contributed by atoms with Gasteiger partial charge in [0, 0.05) is 28.5 Å². The standard InChI is InChI=1S/C26H18ClN3O2/c27-20-11-12-24(32-21-9-5-2-6-10-21)22(16-20)29-26(31)19-13-14-30-17-23(28-25(30)15-19)18-7-3-1-4-8-18/h1-17H,(H,29,31). The number of amides is 1. The number of fused-ring (bicyclic) bond motifs is 1. The number of nitrogens with one attached hydrogen (secondary N) is 1.